The molecule has 1 aromatic carbocycles. The normalized spacial score (nSPS) is 11.8. The van der Waals surface area contributed by atoms with Crippen LogP contribution in [-0.2, 0) is 17.8 Å². The van der Waals surface area contributed by atoms with Gasteiger partial charge in [-0.15, -0.1) is 0 Å². The van der Waals surface area contributed by atoms with Crippen LogP contribution in [0.1, 0.15) is 25.1 Å². The van der Waals surface area contributed by atoms with E-state index in [0.717, 1.165) is 17.7 Å². The third kappa shape index (κ3) is 4.94. The second-order valence-electron chi connectivity index (χ2n) is 5.63. The lowest BCUT2D eigenvalue weighted by Gasteiger charge is -2.15. The monoisotopic (exact) mass is 329 g/mol. The van der Waals surface area contributed by atoms with E-state index in [1.807, 2.05) is 38.1 Å². The minimum absolute atomic E-state index is 0.111. The second-order valence-corrected chi connectivity index (χ2v) is 5.63. The lowest BCUT2D eigenvalue weighted by Crippen LogP contribution is -2.38. The van der Waals surface area contributed by atoms with Gasteiger partial charge in [0.25, 0.3) is 11.5 Å². The summed E-state index contributed by atoms with van der Waals surface area (Å²) in [5.74, 6) is 0.441. The predicted octanol–water partition coefficient (Wildman–Crippen LogP) is 1.70. The number of nitrogens with one attached hydrogen (secondary N) is 1. The maximum atomic E-state index is 12.1. The molecule has 1 heterocycles. The van der Waals surface area contributed by atoms with Gasteiger partial charge in [0.15, 0.2) is 6.10 Å². The lowest BCUT2D eigenvalue weighted by atomic mass is 10.2. The molecule has 1 aromatic heterocycles. The minimum atomic E-state index is -0.607. The van der Waals surface area contributed by atoms with E-state index >= 15 is 0 Å². The van der Waals surface area contributed by atoms with Crippen molar-refractivity contribution in [2.45, 2.75) is 39.8 Å². The summed E-state index contributed by atoms with van der Waals surface area (Å²) >= 11 is 0. The molecule has 0 saturated heterocycles. The molecule has 0 bridgehead atoms. The van der Waals surface area contributed by atoms with Crippen LogP contribution in [0.5, 0.6) is 5.75 Å². The van der Waals surface area contributed by atoms with Crippen molar-refractivity contribution in [3.05, 3.63) is 58.3 Å². The van der Waals surface area contributed by atoms with Crippen molar-refractivity contribution in [3.63, 3.8) is 0 Å². The van der Waals surface area contributed by atoms with Gasteiger partial charge in [-0.3, -0.25) is 14.2 Å². The summed E-state index contributed by atoms with van der Waals surface area (Å²) in [5, 5.41) is 2.77. The highest BCUT2D eigenvalue weighted by Crippen LogP contribution is 2.14. The zero-order valence-electron chi connectivity index (χ0n) is 14.3. The van der Waals surface area contributed by atoms with Crippen LogP contribution in [0.3, 0.4) is 0 Å². The number of aryl methyl sites for hydroxylation is 2. The number of benzene rings is 1. The Bertz CT molecular complexity index is 755. The van der Waals surface area contributed by atoms with Crippen LogP contribution in [0.15, 0.2) is 41.5 Å². The van der Waals surface area contributed by atoms with Gasteiger partial charge < -0.3 is 10.1 Å². The molecule has 0 saturated carbocycles. The molecule has 0 radical (unpaired) electrons. The SMILES string of the molecule is CCc1cc(=O)n(CCNC(=O)C(C)Oc2cccc(C)c2)cn1. The van der Waals surface area contributed by atoms with Crippen molar-refractivity contribution in [2.75, 3.05) is 6.54 Å². The van der Waals surface area contributed by atoms with Crippen LogP contribution < -0.4 is 15.6 Å². The number of carbonyl (C=O) groups excluding carboxylic acids is 1. The first kappa shape index (κ1) is 17.7. The van der Waals surface area contributed by atoms with E-state index in [1.165, 1.54) is 17.0 Å². The van der Waals surface area contributed by atoms with Crippen LogP contribution >= 0.6 is 0 Å². The number of ether oxygens (including phenoxy) is 1. The molecule has 6 heteroatoms. The Balaban J connectivity index is 1.83. The van der Waals surface area contributed by atoms with E-state index < -0.39 is 6.10 Å². The Kier molecular flexibility index (Phi) is 6.12. The highest BCUT2D eigenvalue weighted by Gasteiger charge is 2.14. The quantitative estimate of drug-likeness (QED) is 0.839. The van der Waals surface area contributed by atoms with Gasteiger partial charge in [-0.05, 0) is 38.0 Å². The maximum absolute atomic E-state index is 12.1. The van der Waals surface area contributed by atoms with Crippen molar-refractivity contribution in [3.8, 4) is 5.75 Å². The third-order valence-electron chi connectivity index (χ3n) is 3.62. The summed E-state index contributed by atoms with van der Waals surface area (Å²) in [5.41, 5.74) is 1.73. The molecular weight excluding hydrogens is 306 g/mol. The molecule has 0 fully saturated rings. The number of aromatic nitrogens is 2. The first-order chi connectivity index (χ1) is 11.5. The molecule has 2 rings (SSSR count). The molecule has 0 spiro atoms. The Morgan fingerprint density at radius 1 is 1.38 bits per heavy atom. The van der Waals surface area contributed by atoms with Crippen LogP contribution in [0, 0.1) is 6.92 Å². The lowest BCUT2D eigenvalue weighted by molar-refractivity contribution is -0.127. The number of rotatable bonds is 7. The molecule has 128 valence electrons. The fourth-order valence-electron chi connectivity index (χ4n) is 2.21. The van der Waals surface area contributed by atoms with E-state index in [2.05, 4.69) is 10.3 Å². The number of hydrogen-bond donors (Lipinski definition) is 1. The number of amides is 1. The second kappa shape index (κ2) is 8.29. The Morgan fingerprint density at radius 3 is 2.83 bits per heavy atom. The van der Waals surface area contributed by atoms with E-state index in [-0.39, 0.29) is 11.5 Å². The molecular formula is C18H23N3O3. The highest BCUT2D eigenvalue weighted by atomic mass is 16.5. The first-order valence-electron chi connectivity index (χ1n) is 8.06. The van der Waals surface area contributed by atoms with Crippen molar-refractivity contribution in [1.29, 1.82) is 0 Å². The van der Waals surface area contributed by atoms with Crippen molar-refractivity contribution < 1.29 is 9.53 Å². The zero-order chi connectivity index (χ0) is 17.5. The summed E-state index contributed by atoms with van der Waals surface area (Å²) in [7, 11) is 0. The standard InChI is InChI=1S/C18H23N3O3/c1-4-15-11-17(22)21(12-20-15)9-8-19-18(23)14(3)24-16-7-5-6-13(2)10-16/h5-7,10-12,14H,4,8-9H2,1-3H3,(H,19,23). The molecule has 1 unspecified atom stereocenters. The van der Waals surface area contributed by atoms with E-state index in [9.17, 15) is 9.59 Å². The molecule has 1 atom stereocenters. The first-order valence-corrected chi connectivity index (χ1v) is 8.06. The van der Waals surface area contributed by atoms with Crippen molar-refractivity contribution in [2.24, 2.45) is 0 Å². The summed E-state index contributed by atoms with van der Waals surface area (Å²) in [6, 6.07) is 9.06. The van der Waals surface area contributed by atoms with Gasteiger partial charge in [-0.1, -0.05) is 19.1 Å². The zero-order valence-corrected chi connectivity index (χ0v) is 14.3. The molecule has 2 aromatic rings. The van der Waals surface area contributed by atoms with Crippen LogP contribution in [0.25, 0.3) is 0 Å². The average Bonchev–Trinajstić information content (AvgIpc) is 2.56. The van der Waals surface area contributed by atoms with Gasteiger partial charge in [0, 0.05) is 24.8 Å². The Morgan fingerprint density at radius 2 is 2.17 bits per heavy atom. The fourth-order valence-corrected chi connectivity index (χ4v) is 2.21. The molecule has 1 amide bonds. The van der Waals surface area contributed by atoms with Gasteiger partial charge in [0.2, 0.25) is 0 Å². The fraction of sp³-hybridized carbons (Fsp3) is 0.389. The molecule has 0 aliphatic heterocycles. The van der Waals surface area contributed by atoms with Crippen molar-refractivity contribution >= 4 is 5.91 Å². The van der Waals surface area contributed by atoms with E-state index in [0.29, 0.717) is 18.8 Å². The molecule has 0 aliphatic carbocycles. The predicted molar refractivity (Wildman–Crippen MR) is 92.2 cm³/mol. The minimum Gasteiger partial charge on any atom is -0.481 e. The van der Waals surface area contributed by atoms with Crippen LogP contribution in [-0.4, -0.2) is 28.1 Å². The number of nitrogens with zero attached hydrogens (tertiary/aromatic N) is 2. The van der Waals surface area contributed by atoms with Gasteiger partial charge in [0.05, 0.1) is 6.33 Å². The third-order valence-corrected chi connectivity index (χ3v) is 3.62. The molecule has 24 heavy (non-hydrogen) atoms. The van der Waals surface area contributed by atoms with Crippen molar-refractivity contribution in [1.82, 2.24) is 14.9 Å². The van der Waals surface area contributed by atoms with E-state index in [4.69, 9.17) is 4.74 Å². The molecule has 6 nitrogen and oxygen atoms in total. The number of carbonyl (C=O) groups is 1. The van der Waals surface area contributed by atoms with Gasteiger partial charge in [-0.25, -0.2) is 4.98 Å². The van der Waals surface area contributed by atoms with Crippen LogP contribution in [0.4, 0.5) is 0 Å². The largest absolute Gasteiger partial charge is 0.481 e. The summed E-state index contributed by atoms with van der Waals surface area (Å²) < 4.78 is 7.10. The average molecular weight is 329 g/mol. The van der Waals surface area contributed by atoms with Crippen LogP contribution in [0.2, 0.25) is 0 Å². The highest BCUT2D eigenvalue weighted by molar-refractivity contribution is 5.80. The topological polar surface area (TPSA) is 73.2 Å². The van der Waals surface area contributed by atoms with Gasteiger partial charge >= 0.3 is 0 Å². The Hall–Kier alpha value is -2.63. The van der Waals surface area contributed by atoms with E-state index in [1.54, 1.807) is 6.92 Å². The van der Waals surface area contributed by atoms with Gasteiger partial charge in [0.1, 0.15) is 5.75 Å². The molecule has 1 N–H and O–H groups in total. The smallest absolute Gasteiger partial charge is 0.260 e. The van der Waals surface area contributed by atoms with Gasteiger partial charge in [-0.2, -0.15) is 0 Å². The summed E-state index contributed by atoms with van der Waals surface area (Å²) in [6.07, 6.45) is 1.63. The maximum Gasteiger partial charge on any atom is 0.260 e. The summed E-state index contributed by atoms with van der Waals surface area (Å²) in [4.78, 5) is 28.1. The summed E-state index contributed by atoms with van der Waals surface area (Å²) in [6.45, 7) is 6.32. The molecule has 0 aliphatic rings. The number of hydrogen-bond acceptors (Lipinski definition) is 4. The Labute approximate surface area is 141 Å².